The minimum absolute atomic E-state index is 0.127. The summed E-state index contributed by atoms with van der Waals surface area (Å²) in [7, 11) is 0. The number of nitrogens with zero attached hydrogens (tertiary/aromatic N) is 5. The van der Waals surface area contributed by atoms with E-state index in [0.29, 0.717) is 22.2 Å². The normalized spacial score (nSPS) is 14.8. The zero-order valence-corrected chi connectivity index (χ0v) is 26.0. The highest BCUT2D eigenvalue weighted by atomic mass is 32.2. The number of rotatable bonds is 7. The number of benzene rings is 3. The zero-order valence-electron chi connectivity index (χ0n) is 25.2. The van der Waals surface area contributed by atoms with Crippen LogP contribution in [0.2, 0.25) is 0 Å². The lowest BCUT2D eigenvalue weighted by atomic mass is 9.93. The predicted octanol–water partition coefficient (Wildman–Crippen LogP) is 7.35. The van der Waals surface area contributed by atoms with Crippen molar-refractivity contribution in [2.24, 2.45) is 4.99 Å². The van der Waals surface area contributed by atoms with Gasteiger partial charge in [-0.3, -0.25) is 9.69 Å². The highest BCUT2D eigenvalue weighted by Gasteiger charge is 2.34. The molecule has 1 aliphatic rings. The van der Waals surface area contributed by atoms with E-state index in [9.17, 15) is 22.8 Å². The van der Waals surface area contributed by atoms with Crippen molar-refractivity contribution in [3.8, 4) is 22.8 Å². The molecule has 0 atom stereocenters. The quantitative estimate of drug-likeness (QED) is 0.228. The summed E-state index contributed by atoms with van der Waals surface area (Å²) in [4.78, 5) is 36.2. The summed E-state index contributed by atoms with van der Waals surface area (Å²) >= 11 is 1.23. The molecule has 4 aromatic rings. The van der Waals surface area contributed by atoms with E-state index in [1.807, 2.05) is 63.2 Å². The van der Waals surface area contributed by atoms with Crippen LogP contribution in [0.5, 0.6) is 5.75 Å². The lowest BCUT2D eigenvalue weighted by molar-refractivity contribution is -0.274. The number of amidine groups is 1. The molecule has 0 saturated carbocycles. The van der Waals surface area contributed by atoms with Crippen LogP contribution in [0.1, 0.15) is 50.3 Å². The smallest absolute Gasteiger partial charge is 0.406 e. The first kappa shape index (κ1) is 31.8. The van der Waals surface area contributed by atoms with Crippen LogP contribution in [0.25, 0.3) is 17.1 Å². The molecule has 0 aliphatic carbocycles. The average Bonchev–Trinajstić information content (AvgIpc) is 3.59. The van der Waals surface area contributed by atoms with E-state index >= 15 is 0 Å². The van der Waals surface area contributed by atoms with E-state index in [1.54, 1.807) is 0 Å². The van der Waals surface area contributed by atoms with Crippen LogP contribution in [0.15, 0.2) is 78.0 Å². The van der Waals surface area contributed by atoms with Gasteiger partial charge in [0, 0.05) is 5.56 Å². The van der Waals surface area contributed by atoms with Gasteiger partial charge < -0.3 is 10.1 Å². The minimum atomic E-state index is -4.77. The SMILES string of the molecule is Cc1cccc(N2C(=O)CSC2=NC(=O)NC(C)(C)c2ccc(-c3ncn(-c4ccc(OC(F)(F)F)cc4)n3)cc2)c1C(C)C. The monoisotopic (exact) mass is 636 g/mol. The Bertz CT molecular complexity index is 1750. The number of thioether (sulfide) groups is 1. The molecule has 1 saturated heterocycles. The molecule has 13 heteroatoms. The van der Waals surface area contributed by atoms with Gasteiger partial charge in [-0.2, -0.15) is 4.99 Å². The number of aryl methyl sites for hydroxylation is 1. The van der Waals surface area contributed by atoms with Gasteiger partial charge in [-0.25, -0.2) is 14.5 Å². The second-order valence-corrected chi connectivity index (χ2v) is 12.2. The summed E-state index contributed by atoms with van der Waals surface area (Å²) in [6, 6.07) is 17.8. The molecule has 234 valence electrons. The molecule has 45 heavy (non-hydrogen) atoms. The van der Waals surface area contributed by atoms with E-state index in [-0.39, 0.29) is 23.3 Å². The van der Waals surface area contributed by atoms with Gasteiger partial charge in [-0.15, -0.1) is 18.3 Å². The average molecular weight is 637 g/mol. The van der Waals surface area contributed by atoms with Crippen LogP contribution in [0, 0.1) is 6.92 Å². The third-order valence-electron chi connectivity index (χ3n) is 7.19. The Morgan fingerprint density at radius 2 is 1.73 bits per heavy atom. The van der Waals surface area contributed by atoms with Gasteiger partial charge in [0.15, 0.2) is 11.0 Å². The van der Waals surface area contributed by atoms with E-state index in [2.05, 4.69) is 39.0 Å². The Hall–Kier alpha value is -4.65. The number of aromatic nitrogens is 3. The van der Waals surface area contributed by atoms with Gasteiger partial charge in [0.25, 0.3) is 0 Å². The number of anilines is 1. The lowest BCUT2D eigenvalue weighted by Gasteiger charge is -2.26. The van der Waals surface area contributed by atoms with E-state index in [1.165, 1.54) is 51.9 Å². The molecule has 1 N–H and O–H groups in total. The molecule has 3 aromatic carbocycles. The van der Waals surface area contributed by atoms with E-state index < -0.39 is 17.9 Å². The summed E-state index contributed by atoms with van der Waals surface area (Å²) in [5.74, 6) is 0.323. The first-order valence-corrected chi connectivity index (χ1v) is 15.1. The molecule has 1 aromatic heterocycles. The predicted molar refractivity (Wildman–Crippen MR) is 168 cm³/mol. The maximum atomic E-state index is 13.1. The molecular weight excluding hydrogens is 605 g/mol. The van der Waals surface area contributed by atoms with Crippen molar-refractivity contribution in [3.05, 3.63) is 89.7 Å². The van der Waals surface area contributed by atoms with Gasteiger partial charge in [0.2, 0.25) is 5.91 Å². The number of aliphatic imine (C=N–C) groups is 1. The number of ether oxygens (including phenoxy) is 1. The molecule has 5 rings (SSSR count). The maximum absolute atomic E-state index is 13.1. The number of carbonyl (C=O) groups excluding carboxylic acids is 2. The van der Waals surface area contributed by atoms with Crippen molar-refractivity contribution in [1.29, 1.82) is 0 Å². The summed E-state index contributed by atoms with van der Waals surface area (Å²) < 4.78 is 42.7. The molecule has 9 nitrogen and oxygen atoms in total. The molecular formula is C32H31F3N6O3S. The van der Waals surface area contributed by atoms with E-state index in [0.717, 1.165) is 22.4 Å². The number of carbonyl (C=O) groups is 2. The van der Waals surface area contributed by atoms with Crippen LogP contribution in [-0.4, -0.2) is 44.0 Å². The third-order valence-corrected chi connectivity index (χ3v) is 8.12. The topological polar surface area (TPSA) is 102 Å². The lowest BCUT2D eigenvalue weighted by Crippen LogP contribution is -2.40. The van der Waals surface area contributed by atoms with Crippen LogP contribution in [0.4, 0.5) is 23.7 Å². The number of hydrogen-bond acceptors (Lipinski definition) is 6. The minimum Gasteiger partial charge on any atom is -0.406 e. The van der Waals surface area contributed by atoms with Crippen molar-refractivity contribution in [2.75, 3.05) is 10.7 Å². The Morgan fingerprint density at radius 3 is 2.38 bits per heavy atom. The second kappa shape index (κ2) is 12.4. The fourth-order valence-electron chi connectivity index (χ4n) is 5.10. The number of halogens is 3. The Balaban J connectivity index is 1.29. The summed E-state index contributed by atoms with van der Waals surface area (Å²) in [6.07, 6.45) is -3.31. The summed E-state index contributed by atoms with van der Waals surface area (Å²) in [6.45, 7) is 9.84. The molecule has 0 radical (unpaired) electrons. The standard InChI is InChI=1S/C32H31F3N6O3S/c1-19(2)27-20(3)7-6-8-25(27)41-26(42)17-45-30(41)37-29(43)38-31(4,5)22-11-9-21(10-12-22)28-36-18-40(39-28)23-13-15-24(16-14-23)44-32(33,34)35/h6-16,18-19H,17H2,1-5H3,(H,38,43). The van der Waals surface area contributed by atoms with Crippen LogP contribution in [-0.2, 0) is 10.3 Å². The second-order valence-electron chi connectivity index (χ2n) is 11.3. The first-order chi connectivity index (χ1) is 21.2. The number of nitrogens with one attached hydrogen (secondary N) is 1. The first-order valence-electron chi connectivity index (χ1n) is 14.1. The highest BCUT2D eigenvalue weighted by Crippen LogP contribution is 2.35. The van der Waals surface area contributed by atoms with Crippen molar-refractivity contribution >= 4 is 34.6 Å². The van der Waals surface area contributed by atoms with Crippen molar-refractivity contribution in [2.45, 2.75) is 52.4 Å². The largest absolute Gasteiger partial charge is 0.573 e. The van der Waals surface area contributed by atoms with Crippen LogP contribution in [0.3, 0.4) is 0 Å². The zero-order chi connectivity index (χ0) is 32.5. The molecule has 3 amide bonds. The molecule has 1 fully saturated rings. The Kier molecular flexibility index (Phi) is 8.74. The maximum Gasteiger partial charge on any atom is 0.573 e. The molecule has 2 heterocycles. The number of alkyl halides is 3. The van der Waals surface area contributed by atoms with Crippen LogP contribution < -0.4 is 15.0 Å². The molecule has 0 bridgehead atoms. The highest BCUT2D eigenvalue weighted by molar-refractivity contribution is 8.15. The summed E-state index contributed by atoms with van der Waals surface area (Å²) in [5, 5.41) is 7.71. The third kappa shape index (κ3) is 7.19. The van der Waals surface area contributed by atoms with Crippen molar-refractivity contribution < 1.29 is 27.5 Å². The van der Waals surface area contributed by atoms with Crippen molar-refractivity contribution in [1.82, 2.24) is 20.1 Å². The molecule has 0 spiro atoms. The number of urea groups is 1. The number of hydrogen-bond donors (Lipinski definition) is 1. The van der Waals surface area contributed by atoms with Gasteiger partial charge in [0.1, 0.15) is 12.1 Å². The van der Waals surface area contributed by atoms with Gasteiger partial charge >= 0.3 is 12.4 Å². The fraction of sp³-hybridized carbons (Fsp3) is 0.281. The van der Waals surface area contributed by atoms with Crippen LogP contribution >= 0.6 is 11.8 Å². The Labute approximate surface area is 262 Å². The van der Waals surface area contributed by atoms with Gasteiger partial charge in [0.05, 0.1) is 22.7 Å². The molecule has 0 unspecified atom stereocenters. The van der Waals surface area contributed by atoms with Gasteiger partial charge in [-0.05, 0) is 73.7 Å². The van der Waals surface area contributed by atoms with Gasteiger partial charge in [-0.1, -0.05) is 62.0 Å². The molecule has 1 aliphatic heterocycles. The Morgan fingerprint density at radius 1 is 1.04 bits per heavy atom. The number of amides is 3. The summed E-state index contributed by atoms with van der Waals surface area (Å²) in [5.41, 5.74) is 4.04. The van der Waals surface area contributed by atoms with E-state index in [4.69, 9.17) is 0 Å². The van der Waals surface area contributed by atoms with Crippen molar-refractivity contribution in [3.63, 3.8) is 0 Å². The fourth-order valence-corrected chi connectivity index (χ4v) is 5.96.